The zero-order valence-electron chi connectivity index (χ0n) is 18.9. The molecule has 1 amide bonds. The third-order valence-corrected chi connectivity index (χ3v) is 7.31. The smallest absolute Gasteiger partial charge is 0.254 e. The Morgan fingerprint density at radius 1 is 0.968 bits per heavy atom. The Bertz CT molecular complexity index is 940. The van der Waals surface area contributed by atoms with Crippen molar-refractivity contribution < 1.29 is 9.53 Å². The number of nitrogens with zero attached hydrogens (tertiary/aromatic N) is 2. The SMILES string of the molecule is COc1ccc(CN2CCC(Cc3cc(C)c4c(c3)CN(CC3CC3)C4=O)CC2)cc1. The molecule has 0 spiro atoms. The lowest BCUT2D eigenvalue weighted by Crippen LogP contribution is -2.33. The van der Waals surface area contributed by atoms with E-state index in [1.165, 1.54) is 47.9 Å². The molecule has 2 aromatic carbocycles. The standard InChI is InChI=1S/C27H34N2O2/c1-19-13-23(15-24-18-29(17-22-3-4-22)27(30)26(19)24)14-20-9-11-28(12-10-20)16-21-5-7-25(31-2)8-6-21/h5-8,13,15,20,22H,3-4,9-12,14,16-18H2,1-2H3. The number of aryl methyl sites for hydroxylation is 1. The van der Waals surface area contributed by atoms with Gasteiger partial charge in [-0.05, 0) is 98.3 Å². The third kappa shape index (κ3) is 4.64. The van der Waals surface area contributed by atoms with Gasteiger partial charge in [0.25, 0.3) is 5.91 Å². The molecule has 2 aromatic rings. The molecule has 2 aliphatic heterocycles. The molecule has 1 saturated heterocycles. The molecule has 0 aromatic heterocycles. The van der Waals surface area contributed by atoms with E-state index >= 15 is 0 Å². The van der Waals surface area contributed by atoms with Gasteiger partial charge in [0.2, 0.25) is 0 Å². The largest absolute Gasteiger partial charge is 0.497 e. The minimum absolute atomic E-state index is 0.262. The number of methoxy groups -OCH3 is 1. The van der Waals surface area contributed by atoms with Crippen molar-refractivity contribution in [3.8, 4) is 5.75 Å². The molecule has 0 radical (unpaired) electrons. The molecule has 1 aliphatic carbocycles. The van der Waals surface area contributed by atoms with Gasteiger partial charge in [-0.1, -0.05) is 24.3 Å². The quantitative estimate of drug-likeness (QED) is 0.646. The van der Waals surface area contributed by atoms with Gasteiger partial charge in [0.15, 0.2) is 0 Å². The van der Waals surface area contributed by atoms with Crippen LogP contribution in [0.4, 0.5) is 0 Å². The van der Waals surface area contributed by atoms with Gasteiger partial charge in [-0.15, -0.1) is 0 Å². The molecular formula is C27H34N2O2. The zero-order chi connectivity index (χ0) is 21.4. The van der Waals surface area contributed by atoms with Crippen molar-refractivity contribution >= 4 is 5.91 Å². The van der Waals surface area contributed by atoms with Crippen molar-refractivity contribution in [2.75, 3.05) is 26.7 Å². The Hall–Kier alpha value is -2.33. The van der Waals surface area contributed by atoms with E-state index in [0.717, 1.165) is 62.3 Å². The Kier molecular flexibility index (Phi) is 5.75. The lowest BCUT2D eigenvalue weighted by Gasteiger charge is -2.32. The van der Waals surface area contributed by atoms with Gasteiger partial charge >= 0.3 is 0 Å². The highest BCUT2D eigenvalue weighted by atomic mass is 16.5. The van der Waals surface area contributed by atoms with Gasteiger partial charge in [-0.25, -0.2) is 0 Å². The molecule has 5 rings (SSSR count). The second-order valence-electron chi connectivity index (χ2n) is 9.85. The van der Waals surface area contributed by atoms with Crippen molar-refractivity contribution in [1.29, 1.82) is 0 Å². The van der Waals surface area contributed by atoms with Gasteiger partial charge in [0.1, 0.15) is 5.75 Å². The number of likely N-dealkylation sites (tertiary alicyclic amines) is 1. The Morgan fingerprint density at radius 2 is 1.71 bits per heavy atom. The fourth-order valence-electron chi connectivity index (χ4n) is 5.36. The highest BCUT2D eigenvalue weighted by Crippen LogP contribution is 2.35. The first-order valence-electron chi connectivity index (χ1n) is 11.9. The highest BCUT2D eigenvalue weighted by molar-refractivity contribution is 5.99. The number of rotatable bonds is 7. The molecule has 0 N–H and O–H groups in total. The number of hydrogen-bond acceptors (Lipinski definition) is 3. The van der Waals surface area contributed by atoms with Gasteiger partial charge < -0.3 is 9.64 Å². The first kappa shape index (κ1) is 20.6. The number of amides is 1. The van der Waals surface area contributed by atoms with E-state index in [2.05, 4.69) is 53.1 Å². The number of benzene rings is 2. The normalized spacial score (nSPS) is 19.7. The second-order valence-corrected chi connectivity index (χ2v) is 9.85. The van der Waals surface area contributed by atoms with Crippen LogP contribution in [0, 0.1) is 18.8 Å². The first-order valence-corrected chi connectivity index (χ1v) is 11.9. The summed E-state index contributed by atoms with van der Waals surface area (Å²) in [5.74, 6) is 2.67. The summed E-state index contributed by atoms with van der Waals surface area (Å²) in [6, 6.07) is 13.1. The summed E-state index contributed by atoms with van der Waals surface area (Å²) in [6.45, 7) is 7.24. The third-order valence-electron chi connectivity index (χ3n) is 7.31. The van der Waals surface area contributed by atoms with Crippen LogP contribution in [-0.2, 0) is 19.5 Å². The summed E-state index contributed by atoms with van der Waals surface area (Å²) < 4.78 is 5.26. The fourth-order valence-corrected chi connectivity index (χ4v) is 5.36. The van der Waals surface area contributed by atoms with Crippen molar-refractivity contribution in [2.24, 2.45) is 11.8 Å². The Morgan fingerprint density at radius 3 is 2.39 bits per heavy atom. The minimum atomic E-state index is 0.262. The maximum atomic E-state index is 12.8. The van der Waals surface area contributed by atoms with E-state index in [4.69, 9.17) is 4.74 Å². The maximum absolute atomic E-state index is 12.8. The average Bonchev–Trinajstić information content (AvgIpc) is 3.53. The van der Waals surface area contributed by atoms with Crippen LogP contribution in [0.15, 0.2) is 36.4 Å². The van der Waals surface area contributed by atoms with Crippen molar-refractivity contribution in [1.82, 2.24) is 9.80 Å². The van der Waals surface area contributed by atoms with E-state index in [-0.39, 0.29) is 5.91 Å². The second kappa shape index (κ2) is 8.66. The molecule has 164 valence electrons. The van der Waals surface area contributed by atoms with E-state index < -0.39 is 0 Å². The van der Waals surface area contributed by atoms with Gasteiger partial charge in [0, 0.05) is 25.2 Å². The number of hydrogen-bond donors (Lipinski definition) is 0. The van der Waals surface area contributed by atoms with Gasteiger partial charge in [-0.3, -0.25) is 9.69 Å². The molecular weight excluding hydrogens is 384 g/mol. The topological polar surface area (TPSA) is 32.8 Å². The van der Waals surface area contributed by atoms with E-state index in [1.807, 2.05) is 0 Å². The summed E-state index contributed by atoms with van der Waals surface area (Å²) in [5.41, 5.74) is 6.20. The van der Waals surface area contributed by atoms with E-state index in [1.54, 1.807) is 7.11 Å². The Labute approximate surface area is 186 Å². The van der Waals surface area contributed by atoms with Crippen molar-refractivity contribution in [3.63, 3.8) is 0 Å². The lowest BCUT2D eigenvalue weighted by molar-refractivity contribution is 0.0770. The number of carbonyl (C=O) groups is 1. The molecule has 2 fully saturated rings. The summed E-state index contributed by atoms with van der Waals surface area (Å²) in [5, 5.41) is 0. The van der Waals surface area contributed by atoms with Crippen molar-refractivity contribution in [2.45, 2.75) is 52.1 Å². The zero-order valence-corrected chi connectivity index (χ0v) is 18.9. The van der Waals surface area contributed by atoms with Crippen LogP contribution in [-0.4, -0.2) is 42.5 Å². The summed E-state index contributed by atoms with van der Waals surface area (Å²) in [7, 11) is 1.71. The van der Waals surface area contributed by atoms with Gasteiger partial charge in [0.05, 0.1) is 7.11 Å². The number of piperidine rings is 1. The molecule has 31 heavy (non-hydrogen) atoms. The van der Waals surface area contributed by atoms with Crippen LogP contribution in [0.5, 0.6) is 5.75 Å². The molecule has 0 bridgehead atoms. The summed E-state index contributed by atoms with van der Waals surface area (Å²) in [4.78, 5) is 17.5. The lowest BCUT2D eigenvalue weighted by atomic mass is 9.88. The van der Waals surface area contributed by atoms with Crippen molar-refractivity contribution in [3.05, 3.63) is 64.2 Å². The molecule has 0 unspecified atom stereocenters. The number of carbonyl (C=O) groups excluding carboxylic acids is 1. The van der Waals surface area contributed by atoms with Crippen LogP contribution in [0.2, 0.25) is 0 Å². The molecule has 1 saturated carbocycles. The monoisotopic (exact) mass is 418 g/mol. The van der Waals surface area contributed by atoms with Crippen LogP contribution in [0.25, 0.3) is 0 Å². The molecule has 2 heterocycles. The molecule has 4 heteroatoms. The average molecular weight is 419 g/mol. The molecule has 0 atom stereocenters. The molecule has 4 nitrogen and oxygen atoms in total. The fraction of sp³-hybridized carbons (Fsp3) is 0.519. The molecule has 3 aliphatic rings. The predicted molar refractivity (Wildman–Crippen MR) is 123 cm³/mol. The number of fused-ring (bicyclic) bond motifs is 1. The van der Waals surface area contributed by atoms with E-state index in [9.17, 15) is 4.79 Å². The highest BCUT2D eigenvalue weighted by Gasteiger charge is 2.34. The minimum Gasteiger partial charge on any atom is -0.497 e. The summed E-state index contributed by atoms with van der Waals surface area (Å²) >= 11 is 0. The Balaban J connectivity index is 1.16. The van der Waals surface area contributed by atoms with Crippen LogP contribution in [0.3, 0.4) is 0 Å². The maximum Gasteiger partial charge on any atom is 0.254 e. The predicted octanol–water partition coefficient (Wildman–Crippen LogP) is 4.82. The first-order chi connectivity index (χ1) is 15.1. The van der Waals surface area contributed by atoms with Crippen LogP contribution in [0.1, 0.15) is 58.3 Å². The van der Waals surface area contributed by atoms with E-state index in [0.29, 0.717) is 0 Å². The van der Waals surface area contributed by atoms with Crippen LogP contribution < -0.4 is 4.74 Å². The van der Waals surface area contributed by atoms with Gasteiger partial charge in [-0.2, -0.15) is 0 Å². The number of ether oxygens (including phenoxy) is 1. The van der Waals surface area contributed by atoms with Crippen LogP contribution >= 0.6 is 0 Å². The summed E-state index contributed by atoms with van der Waals surface area (Å²) in [6.07, 6.45) is 6.22.